The van der Waals surface area contributed by atoms with Gasteiger partial charge in [0.2, 0.25) is 0 Å². The molecule has 6 heteroatoms. The van der Waals surface area contributed by atoms with E-state index >= 15 is 0 Å². The molecule has 0 fully saturated rings. The lowest BCUT2D eigenvalue weighted by Gasteiger charge is -2.19. The molecule has 0 aliphatic rings. The maximum absolute atomic E-state index is 12.6. The first-order valence-electron chi connectivity index (χ1n) is 7.78. The van der Waals surface area contributed by atoms with E-state index in [9.17, 15) is 8.78 Å². The van der Waals surface area contributed by atoms with Crippen LogP contribution in [-0.2, 0) is 23.3 Å². The standard InChI is InChI=1S/C18H23F2N3O/c1-18(2,3)17-22-14(11-24-4)9-15(23-17)21-10-12-5-7-13(8-6-12)16(19)20/h5-9,16H,10-11H2,1-4H3,(H,21,22,23). The Morgan fingerprint density at radius 3 is 2.33 bits per heavy atom. The van der Waals surface area contributed by atoms with E-state index in [1.165, 1.54) is 12.1 Å². The van der Waals surface area contributed by atoms with Crippen molar-refractivity contribution in [2.45, 2.75) is 45.8 Å². The molecule has 130 valence electrons. The predicted molar refractivity (Wildman–Crippen MR) is 90.2 cm³/mol. The van der Waals surface area contributed by atoms with E-state index in [0.29, 0.717) is 19.0 Å². The topological polar surface area (TPSA) is 47.0 Å². The van der Waals surface area contributed by atoms with Crippen molar-refractivity contribution in [2.75, 3.05) is 12.4 Å². The van der Waals surface area contributed by atoms with Gasteiger partial charge in [-0.3, -0.25) is 0 Å². The lowest BCUT2D eigenvalue weighted by molar-refractivity contribution is 0.151. The second-order valence-electron chi connectivity index (χ2n) is 6.65. The molecule has 1 heterocycles. The molecule has 4 nitrogen and oxygen atoms in total. The highest BCUT2D eigenvalue weighted by atomic mass is 19.3. The lowest BCUT2D eigenvalue weighted by atomic mass is 9.95. The van der Waals surface area contributed by atoms with Gasteiger partial charge in [0.05, 0.1) is 12.3 Å². The number of aromatic nitrogens is 2. The van der Waals surface area contributed by atoms with E-state index in [1.54, 1.807) is 19.2 Å². The van der Waals surface area contributed by atoms with Crippen LogP contribution in [0.5, 0.6) is 0 Å². The molecule has 0 bridgehead atoms. The molecular weight excluding hydrogens is 312 g/mol. The third-order valence-electron chi connectivity index (χ3n) is 3.45. The highest BCUT2D eigenvalue weighted by molar-refractivity contribution is 5.38. The molecule has 0 unspecified atom stereocenters. The van der Waals surface area contributed by atoms with Gasteiger partial charge in [-0.2, -0.15) is 0 Å². The normalized spacial score (nSPS) is 11.8. The van der Waals surface area contributed by atoms with Gasteiger partial charge in [0.25, 0.3) is 6.43 Å². The fourth-order valence-corrected chi connectivity index (χ4v) is 2.12. The van der Waals surface area contributed by atoms with Gasteiger partial charge in [-0.15, -0.1) is 0 Å². The van der Waals surface area contributed by atoms with Crippen molar-refractivity contribution in [2.24, 2.45) is 0 Å². The number of nitrogens with one attached hydrogen (secondary N) is 1. The van der Waals surface area contributed by atoms with Crippen LogP contribution >= 0.6 is 0 Å². The Morgan fingerprint density at radius 1 is 1.12 bits per heavy atom. The van der Waals surface area contributed by atoms with Crippen LogP contribution in [-0.4, -0.2) is 17.1 Å². The third-order valence-corrected chi connectivity index (χ3v) is 3.45. The average molecular weight is 335 g/mol. The number of benzene rings is 1. The summed E-state index contributed by atoms with van der Waals surface area (Å²) >= 11 is 0. The average Bonchev–Trinajstić information content (AvgIpc) is 2.52. The number of methoxy groups -OCH3 is 1. The second kappa shape index (κ2) is 7.66. The maximum atomic E-state index is 12.6. The molecule has 2 aromatic rings. The van der Waals surface area contributed by atoms with E-state index in [2.05, 4.69) is 15.3 Å². The molecular formula is C18H23F2N3O. The Labute approximate surface area is 141 Å². The summed E-state index contributed by atoms with van der Waals surface area (Å²) in [6.07, 6.45) is -2.44. The van der Waals surface area contributed by atoms with Gasteiger partial charge in [0, 0.05) is 30.7 Å². The van der Waals surface area contributed by atoms with Crippen molar-refractivity contribution >= 4 is 5.82 Å². The van der Waals surface area contributed by atoms with Gasteiger partial charge in [-0.1, -0.05) is 45.0 Å². The Morgan fingerprint density at radius 2 is 1.79 bits per heavy atom. The summed E-state index contributed by atoms with van der Waals surface area (Å²) in [5.74, 6) is 1.42. The fraction of sp³-hybridized carbons (Fsp3) is 0.444. The van der Waals surface area contributed by atoms with Crippen LogP contribution in [0.15, 0.2) is 30.3 Å². The molecule has 0 aliphatic heterocycles. The van der Waals surface area contributed by atoms with E-state index < -0.39 is 6.43 Å². The Balaban J connectivity index is 2.14. The van der Waals surface area contributed by atoms with Gasteiger partial charge in [-0.25, -0.2) is 18.7 Å². The van der Waals surface area contributed by atoms with E-state index in [0.717, 1.165) is 17.1 Å². The first kappa shape index (κ1) is 18.3. The molecule has 0 saturated heterocycles. The van der Waals surface area contributed by atoms with Crippen LogP contribution in [0.1, 0.15) is 49.8 Å². The number of alkyl halides is 2. The summed E-state index contributed by atoms with van der Waals surface area (Å²) in [5, 5.41) is 3.23. The van der Waals surface area contributed by atoms with Crippen LogP contribution in [0.4, 0.5) is 14.6 Å². The number of ether oxygens (including phenoxy) is 1. The number of hydrogen-bond acceptors (Lipinski definition) is 4. The first-order chi connectivity index (χ1) is 11.3. The summed E-state index contributed by atoms with van der Waals surface area (Å²) in [6.45, 7) is 7.04. The summed E-state index contributed by atoms with van der Waals surface area (Å²) in [6, 6.07) is 8.11. The molecule has 0 spiro atoms. The summed E-state index contributed by atoms with van der Waals surface area (Å²) in [5.41, 5.74) is 1.55. The minimum absolute atomic E-state index is 0.0261. The molecule has 0 aliphatic carbocycles. The van der Waals surface area contributed by atoms with Crippen LogP contribution in [0.25, 0.3) is 0 Å². The molecule has 1 aromatic heterocycles. The van der Waals surface area contributed by atoms with Crippen LogP contribution < -0.4 is 5.32 Å². The smallest absolute Gasteiger partial charge is 0.263 e. The Hall–Kier alpha value is -2.08. The van der Waals surface area contributed by atoms with Crippen molar-refractivity contribution < 1.29 is 13.5 Å². The number of hydrogen-bond donors (Lipinski definition) is 1. The van der Waals surface area contributed by atoms with Gasteiger partial charge in [0.15, 0.2) is 0 Å². The summed E-state index contributed by atoms with van der Waals surface area (Å²) < 4.78 is 30.3. The van der Waals surface area contributed by atoms with Gasteiger partial charge < -0.3 is 10.1 Å². The molecule has 0 radical (unpaired) electrons. The summed E-state index contributed by atoms with van der Waals surface area (Å²) in [4.78, 5) is 9.07. The van der Waals surface area contributed by atoms with Gasteiger partial charge in [0.1, 0.15) is 11.6 Å². The molecule has 2 rings (SSSR count). The number of halogens is 2. The van der Waals surface area contributed by atoms with Crippen molar-refractivity contribution in [1.82, 2.24) is 9.97 Å². The predicted octanol–water partition coefficient (Wildman–Crippen LogP) is 4.47. The molecule has 1 N–H and O–H groups in total. The highest BCUT2D eigenvalue weighted by Crippen LogP contribution is 2.22. The van der Waals surface area contributed by atoms with Gasteiger partial charge >= 0.3 is 0 Å². The lowest BCUT2D eigenvalue weighted by Crippen LogP contribution is -2.18. The highest BCUT2D eigenvalue weighted by Gasteiger charge is 2.19. The molecule has 1 aromatic carbocycles. The van der Waals surface area contributed by atoms with Crippen molar-refractivity contribution in [3.63, 3.8) is 0 Å². The monoisotopic (exact) mass is 335 g/mol. The van der Waals surface area contributed by atoms with Gasteiger partial charge in [-0.05, 0) is 5.56 Å². The third kappa shape index (κ3) is 4.96. The number of rotatable bonds is 6. The zero-order chi connectivity index (χ0) is 17.7. The molecule has 0 atom stereocenters. The van der Waals surface area contributed by atoms with Crippen LogP contribution in [0, 0.1) is 0 Å². The quantitative estimate of drug-likeness (QED) is 0.846. The van der Waals surface area contributed by atoms with E-state index in [4.69, 9.17) is 4.74 Å². The first-order valence-corrected chi connectivity index (χ1v) is 7.78. The minimum Gasteiger partial charge on any atom is -0.378 e. The summed E-state index contributed by atoms with van der Waals surface area (Å²) in [7, 11) is 1.62. The molecule has 0 saturated carbocycles. The van der Waals surface area contributed by atoms with Crippen molar-refractivity contribution in [1.29, 1.82) is 0 Å². The molecule has 0 amide bonds. The second-order valence-corrected chi connectivity index (χ2v) is 6.65. The maximum Gasteiger partial charge on any atom is 0.263 e. The van der Waals surface area contributed by atoms with Crippen LogP contribution in [0.3, 0.4) is 0 Å². The zero-order valence-electron chi connectivity index (χ0n) is 14.4. The fourth-order valence-electron chi connectivity index (χ4n) is 2.12. The Bertz CT molecular complexity index is 667. The van der Waals surface area contributed by atoms with Crippen molar-refractivity contribution in [3.05, 3.63) is 53.0 Å². The SMILES string of the molecule is COCc1cc(NCc2ccc(C(F)F)cc2)nc(C(C)(C)C)n1. The van der Waals surface area contributed by atoms with Crippen molar-refractivity contribution in [3.8, 4) is 0 Å². The molecule has 24 heavy (non-hydrogen) atoms. The van der Waals surface area contributed by atoms with E-state index in [-0.39, 0.29) is 11.0 Å². The number of anilines is 1. The Kier molecular flexibility index (Phi) is 5.83. The largest absolute Gasteiger partial charge is 0.378 e. The number of nitrogens with zero attached hydrogens (tertiary/aromatic N) is 2. The van der Waals surface area contributed by atoms with Crippen LogP contribution in [0.2, 0.25) is 0 Å². The minimum atomic E-state index is -2.44. The zero-order valence-corrected chi connectivity index (χ0v) is 14.4. The van der Waals surface area contributed by atoms with E-state index in [1.807, 2.05) is 26.8 Å².